The molecule has 4 nitrogen and oxygen atoms in total. The molecular weight excluding hydrogens is 233 g/mol. The average Bonchev–Trinajstić information content (AvgIpc) is 2.32. The number of nitrogens with zero attached hydrogens (tertiary/aromatic N) is 1. The molecule has 2 N–H and O–H groups in total. The molecule has 1 unspecified atom stereocenters. The normalized spacial score (nSPS) is 12.5. The predicted molar refractivity (Wildman–Crippen MR) is 71.0 cm³/mol. The van der Waals surface area contributed by atoms with Crippen molar-refractivity contribution < 1.29 is 9.18 Å². The number of likely N-dealkylation sites (N-methyl/N-ethyl adjacent to an activating group) is 1. The fourth-order valence-corrected chi connectivity index (χ4v) is 1.33. The lowest BCUT2D eigenvalue weighted by molar-refractivity contribution is -0.115. The summed E-state index contributed by atoms with van der Waals surface area (Å²) in [6, 6.07) is 6.46. The predicted octanol–water partition coefficient (Wildman–Crippen LogP) is 1.30. The van der Waals surface area contributed by atoms with E-state index in [0.29, 0.717) is 12.6 Å². The SMILES string of the molecule is CC(CNCC(=O)Nc1ccccc1F)N(C)C. The van der Waals surface area contributed by atoms with Gasteiger partial charge in [0.15, 0.2) is 0 Å². The Morgan fingerprint density at radius 2 is 2.06 bits per heavy atom. The van der Waals surface area contributed by atoms with Crippen molar-refractivity contribution >= 4 is 11.6 Å². The van der Waals surface area contributed by atoms with Crippen molar-refractivity contribution in [2.24, 2.45) is 0 Å². The summed E-state index contributed by atoms with van der Waals surface area (Å²) < 4.78 is 13.3. The van der Waals surface area contributed by atoms with Crippen LogP contribution >= 0.6 is 0 Å². The molecule has 0 aromatic heterocycles. The van der Waals surface area contributed by atoms with E-state index >= 15 is 0 Å². The number of benzene rings is 1. The van der Waals surface area contributed by atoms with Gasteiger partial charge in [-0.1, -0.05) is 12.1 Å². The molecule has 1 atom stereocenters. The topological polar surface area (TPSA) is 44.4 Å². The minimum atomic E-state index is -0.424. The first-order valence-electron chi connectivity index (χ1n) is 5.92. The van der Waals surface area contributed by atoms with E-state index < -0.39 is 5.82 Å². The molecular formula is C13H20FN3O. The monoisotopic (exact) mass is 253 g/mol. The standard InChI is InChI=1S/C13H20FN3O/c1-10(17(2)3)8-15-9-13(18)16-12-7-5-4-6-11(12)14/h4-7,10,15H,8-9H2,1-3H3,(H,16,18). The van der Waals surface area contributed by atoms with E-state index in [-0.39, 0.29) is 18.1 Å². The van der Waals surface area contributed by atoms with Gasteiger partial charge in [-0.2, -0.15) is 0 Å². The lowest BCUT2D eigenvalue weighted by atomic mass is 10.3. The number of hydrogen-bond donors (Lipinski definition) is 2. The summed E-state index contributed by atoms with van der Waals surface area (Å²) >= 11 is 0. The molecule has 0 aliphatic rings. The highest BCUT2D eigenvalue weighted by atomic mass is 19.1. The lowest BCUT2D eigenvalue weighted by Gasteiger charge is -2.19. The highest BCUT2D eigenvalue weighted by Gasteiger charge is 2.07. The van der Waals surface area contributed by atoms with E-state index in [9.17, 15) is 9.18 Å². The van der Waals surface area contributed by atoms with Crippen LogP contribution in [-0.4, -0.2) is 44.0 Å². The molecule has 0 radical (unpaired) electrons. The van der Waals surface area contributed by atoms with Crippen LogP contribution in [0.15, 0.2) is 24.3 Å². The first-order valence-corrected chi connectivity index (χ1v) is 5.92. The second-order valence-corrected chi connectivity index (χ2v) is 4.47. The Hall–Kier alpha value is -1.46. The third-order valence-corrected chi connectivity index (χ3v) is 2.75. The van der Waals surface area contributed by atoms with Gasteiger partial charge in [-0.3, -0.25) is 4.79 Å². The number of carbonyl (C=O) groups excluding carboxylic acids is 1. The number of carbonyl (C=O) groups is 1. The molecule has 0 heterocycles. The van der Waals surface area contributed by atoms with Gasteiger partial charge in [0.05, 0.1) is 12.2 Å². The van der Waals surface area contributed by atoms with Crippen molar-refractivity contribution in [3.63, 3.8) is 0 Å². The van der Waals surface area contributed by atoms with Gasteiger partial charge in [0.2, 0.25) is 5.91 Å². The molecule has 0 bridgehead atoms. The van der Waals surface area contributed by atoms with Crippen LogP contribution in [0, 0.1) is 5.82 Å². The summed E-state index contributed by atoms with van der Waals surface area (Å²) in [5, 5.41) is 5.55. The van der Waals surface area contributed by atoms with Crippen LogP contribution in [0.2, 0.25) is 0 Å². The van der Waals surface area contributed by atoms with E-state index in [0.717, 1.165) is 0 Å². The van der Waals surface area contributed by atoms with Crippen LogP contribution < -0.4 is 10.6 Å². The van der Waals surface area contributed by atoms with Crippen LogP contribution in [0.5, 0.6) is 0 Å². The molecule has 100 valence electrons. The highest BCUT2D eigenvalue weighted by Crippen LogP contribution is 2.11. The minimum absolute atomic E-state index is 0.173. The minimum Gasteiger partial charge on any atom is -0.322 e. The van der Waals surface area contributed by atoms with E-state index in [1.807, 2.05) is 14.1 Å². The van der Waals surface area contributed by atoms with Crippen LogP contribution in [0.1, 0.15) is 6.92 Å². The van der Waals surface area contributed by atoms with E-state index in [1.165, 1.54) is 12.1 Å². The summed E-state index contributed by atoms with van der Waals surface area (Å²) in [4.78, 5) is 13.6. The first kappa shape index (κ1) is 14.6. The molecule has 0 saturated heterocycles. The molecule has 0 fully saturated rings. The summed E-state index contributed by atoms with van der Waals surface area (Å²) in [5.41, 5.74) is 0.213. The van der Waals surface area contributed by atoms with E-state index in [1.54, 1.807) is 12.1 Å². The molecule has 1 aromatic carbocycles. The molecule has 1 amide bonds. The zero-order chi connectivity index (χ0) is 13.5. The molecule has 0 spiro atoms. The highest BCUT2D eigenvalue weighted by molar-refractivity contribution is 5.92. The third kappa shape index (κ3) is 4.81. The van der Waals surface area contributed by atoms with Crippen LogP contribution in [0.25, 0.3) is 0 Å². The molecule has 0 aliphatic heterocycles. The Morgan fingerprint density at radius 1 is 1.39 bits per heavy atom. The Labute approximate surface area is 107 Å². The average molecular weight is 253 g/mol. The third-order valence-electron chi connectivity index (χ3n) is 2.75. The summed E-state index contributed by atoms with van der Waals surface area (Å²) in [6.45, 7) is 2.94. The fraction of sp³-hybridized carbons (Fsp3) is 0.462. The van der Waals surface area contributed by atoms with Gasteiger partial charge in [0, 0.05) is 12.6 Å². The van der Waals surface area contributed by atoms with Gasteiger partial charge in [0.25, 0.3) is 0 Å². The number of amides is 1. The van der Waals surface area contributed by atoms with Crippen molar-refractivity contribution in [1.29, 1.82) is 0 Å². The number of para-hydroxylation sites is 1. The van der Waals surface area contributed by atoms with Gasteiger partial charge < -0.3 is 15.5 Å². The number of hydrogen-bond acceptors (Lipinski definition) is 3. The van der Waals surface area contributed by atoms with E-state index in [4.69, 9.17) is 0 Å². The summed E-state index contributed by atoms with van der Waals surface area (Å²) in [7, 11) is 3.96. The van der Waals surface area contributed by atoms with Crippen molar-refractivity contribution in [3.8, 4) is 0 Å². The zero-order valence-corrected chi connectivity index (χ0v) is 11.0. The van der Waals surface area contributed by atoms with Gasteiger partial charge in [0.1, 0.15) is 5.82 Å². The number of anilines is 1. The molecule has 0 aliphatic carbocycles. The van der Waals surface area contributed by atoms with Crippen LogP contribution in [-0.2, 0) is 4.79 Å². The molecule has 18 heavy (non-hydrogen) atoms. The first-order chi connectivity index (χ1) is 8.50. The zero-order valence-electron chi connectivity index (χ0n) is 11.0. The molecule has 5 heteroatoms. The summed E-state index contributed by atoms with van der Waals surface area (Å²) in [5.74, 6) is -0.668. The Balaban J connectivity index is 2.33. The van der Waals surface area contributed by atoms with Gasteiger partial charge in [-0.15, -0.1) is 0 Å². The molecule has 0 saturated carbocycles. The molecule has 1 rings (SSSR count). The number of nitrogens with one attached hydrogen (secondary N) is 2. The maximum absolute atomic E-state index is 13.3. The van der Waals surface area contributed by atoms with Gasteiger partial charge in [-0.25, -0.2) is 4.39 Å². The maximum atomic E-state index is 13.3. The number of halogens is 1. The largest absolute Gasteiger partial charge is 0.322 e. The van der Waals surface area contributed by atoms with Crippen molar-refractivity contribution in [2.75, 3.05) is 32.5 Å². The van der Waals surface area contributed by atoms with Crippen molar-refractivity contribution in [1.82, 2.24) is 10.2 Å². The fourth-order valence-electron chi connectivity index (χ4n) is 1.33. The Bertz CT molecular complexity index is 396. The van der Waals surface area contributed by atoms with E-state index in [2.05, 4.69) is 22.5 Å². The summed E-state index contributed by atoms with van der Waals surface area (Å²) in [6.07, 6.45) is 0. The smallest absolute Gasteiger partial charge is 0.238 e. The Morgan fingerprint density at radius 3 is 2.67 bits per heavy atom. The molecule has 1 aromatic rings. The second-order valence-electron chi connectivity index (χ2n) is 4.47. The van der Waals surface area contributed by atoms with Gasteiger partial charge in [-0.05, 0) is 33.2 Å². The maximum Gasteiger partial charge on any atom is 0.238 e. The van der Waals surface area contributed by atoms with Crippen molar-refractivity contribution in [3.05, 3.63) is 30.1 Å². The van der Waals surface area contributed by atoms with Crippen LogP contribution in [0.3, 0.4) is 0 Å². The van der Waals surface area contributed by atoms with Gasteiger partial charge >= 0.3 is 0 Å². The quantitative estimate of drug-likeness (QED) is 0.803. The number of rotatable bonds is 6. The Kier molecular flexibility index (Phi) is 5.74. The lowest BCUT2D eigenvalue weighted by Crippen LogP contribution is -2.38. The second kappa shape index (κ2) is 7.08. The van der Waals surface area contributed by atoms with Crippen molar-refractivity contribution in [2.45, 2.75) is 13.0 Å². The van der Waals surface area contributed by atoms with Crippen LogP contribution in [0.4, 0.5) is 10.1 Å².